The van der Waals surface area contributed by atoms with Gasteiger partial charge in [-0.1, -0.05) is 30.3 Å². The van der Waals surface area contributed by atoms with E-state index in [9.17, 15) is 26.6 Å². The summed E-state index contributed by atoms with van der Waals surface area (Å²) in [5.74, 6) is -0.796. The smallest absolute Gasteiger partial charge is 0.351 e. The molecule has 174 valence electrons. The van der Waals surface area contributed by atoms with E-state index < -0.39 is 34.6 Å². The lowest BCUT2D eigenvalue weighted by atomic mass is 10.0. The van der Waals surface area contributed by atoms with Crippen molar-refractivity contribution in [2.75, 3.05) is 7.05 Å². The number of rotatable bonds is 7. The minimum atomic E-state index is -4.39. The van der Waals surface area contributed by atoms with Gasteiger partial charge in [0.15, 0.2) is 0 Å². The Morgan fingerprint density at radius 1 is 1.00 bits per heavy atom. The van der Waals surface area contributed by atoms with E-state index in [-0.39, 0.29) is 12.5 Å². The normalized spacial score (nSPS) is 13.5. The Balaban J connectivity index is 1.63. The average Bonchev–Trinajstić information content (AvgIpc) is 2.81. The molecule has 3 aromatic carbocycles. The molecule has 0 heterocycles. The van der Waals surface area contributed by atoms with E-state index in [1.54, 1.807) is 31.2 Å². The molecule has 0 radical (unpaired) electrons. The van der Waals surface area contributed by atoms with Crippen LogP contribution in [0.3, 0.4) is 0 Å². The van der Waals surface area contributed by atoms with Gasteiger partial charge in [-0.2, -0.15) is 13.2 Å². The molecule has 9 heteroatoms. The topological polar surface area (TPSA) is 49.4 Å². The van der Waals surface area contributed by atoms with Gasteiger partial charge in [0.2, 0.25) is 5.91 Å². The summed E-state index contributed by atoms with van der Waals surface area (Å²) >= 11 is 0. The molecule has 33 heavy (non-hydrogen) atoms. The third-order valence-corrected chi connectivity index (χ3v) is 6.66. The summed E-state index contributed by atoms with van der Waals surface area (Å²) in [6.07, 6.45) is -4.39. The quantitative estimate of drug-likeness (QED) is 0.477. The third kappa shape index (κ3) is 6.27. The zero-order chi connectivity index (χ0) is 24.2. The number of halogens is 4. The summed E-state index contributed by atoms with van der Waals surface area (Å²) in [6, 6.07) is 16.5. The molecule has 3 rings (SSSR count). The van der Waals surface area contributed by atoms with Gasteiger partial charge in [0, 0.05) is 13.6 Å². The summed E-state index contributed by atoms with van der Waals surface area (Å²) in [5.41, 5.74) is 1.39. The Hall–Kier alpha value is -3.04. The maximum atomic E-state index is 13.1. The lowest BCUT2D eigenvalue weighted by molar-refractivity contribution is -0.137. The van der Waals surface area contributed by atoms with Crippen LogP contribution in [0.1, 0.15) is 18.1 Å². The van der Waals surface area contributed by atoms with E-state index >= 15 is 0 Å². The molecular weight excluding hydrogens is 456 g/mol. The van der Waals surface area contributed by atoms with Crippen LogP contribution in [-0.2, 0) is 28.5 Å². The Morgan fingerprint density at radius 2 is 1.64 bits per heavy atom. The highest BCUT2D eigenvalue weighted by molar-refractivity contribution is 7.82. The van der Waals surface area contributed by atoms with E-state index in [4.69, 9.17) is 0 Å². The Morgan fingerprint density at radius 3 is 2.24 bits per heavy atom. The molecule has 0 spiro atoms. The predicted molar refractivity (Wildman–Crippen MR) is 119 cm³/mol. The number of likely N-dealkylation sites (N-methyl/N-ethyl adjacent to an activating group) is 1. The van der Waals surface area contributed by atoms with Crippen molar-refractivity contribution in [3.05, 3.63) is 89.7 Å². The number of carbonyl (C=O) groups excluding carboxylic acids is 1. The monoisotopic (exact) mass is 478 g/mol. The van der Waals surface area contributed by atoms with Gasteiger partial charge in [0.1, 0.15) is 16.8 Å². The largest absolute Gasteiger partial charge is 0.416 e. The predicted octanol–water partition coefficient (Wildman–Crippen LogP) is 5.17. The molecule has 3 aromatic rings. The van der Waals surface area contributed by atoms with Crippen molar-refractivity contribution < 1.29 is 26.6 Å². The molecule has 2 unspecified atom stereocenters. The molecule has 0 saturated carbocycles. The Labute approximate surface area is 191 Å². The van der Waals surface area contributed by atoms with Crippen LogP contribution >= 0.6 is 0 Å². The molecule has 0 aliphatic heterocycles. The van der Waals surface area contributed by atoms with Crippen molar-refractivity contribution >= 4 is 16.9 Å². The number of amides is 1. The second-order valence-corrected chi connectivity index (χ2v) is 8.96. The molecule has 4 nitrogen and oxygen atoms in total. The zero-order valence-corrected chi connectivity index (χ0v) is 18.7. The van der Waals surface area contributed by atoms with E-state index in [2.05, 4.69) is 5.32 Å². The second kappa shape index (κ2) is 10.3. The lowest BCUT2D eigenvalue weighted by Gasteiger charge is -2.22. The van der Waals surface area contributed by atoms with Crippen molar-refractivity contribution in [1.82, 2.24) is 9.62 Å². The maximum Gasteiger partial charge on any atom is 0.416 e. The van der Waals surface area contributed by atoms with Crippen molar-refractivity contribution in [2.45, 2.75) is 30.6 Å². The van der Waals surface area contributed by atoms with Crippen LogP contribution in [-0.4, -0.2) is 27.5 Å². The van der Waals surface area contributed by atoms with E-state index in [1.807, 2.05) is 0 Å². The third-order valence-electron chi connectivity index (χ3n) is 5.14. The molecule has 0 fully saturated rings. The highest BCUT2D eigenvalue weighted by atomic mass is 32.2. The minimum Gasteiger partial charge on any atom is -0.351 e. The van der Waals surface area contributed by atoms with Crippen molar-refractivity contribution in [1.29, 1.82) is 0 Å². The summed E-state index contributed by atoms with van der Waals surface area (Å²) < 4.78 is 65.4. The molecule has 1 N–H and O–H groups in total. The molecule has 0 aliphatic rings. The summed E-state index contributed by atoms with van der Waals surface area (Å²) in [4.78, 5) is 13.0. The van der Waals surface area contributed by atoms with Gasteiger partial charge in [0.25, 0.3) is 0 Å². The number of hydrogen-bond acceptors (Lipinski definition) is 2. The zero-order valence-electron chi connectivity index (χ0n) is 17.9. The molecule has 0 aliphatic carbocycles. The summed E-state index contributed by atoms with van der Waals surface area (Å²) in [6.45, 7) is 1.80. The fraction of sp³-hybridized carbons (Fsp3) is 0.208. The first-order chi connectivity index (χ1) is 15.6. The first-order valence-electron chi connectivity index (χ1n) is 10.0. The van der Waals surface area contributed by atoms with Crippen LogP contribution in [0.15, 0.2) is 77.7 Å². The van der Waals surface area contributed by atoms with E-state index in [0.29, 0.717) is 10.5 Å². The molecule has 2 atom stereocenters. The molecule has 0 aromatic heterocycles. The van der Waals surface area contributed by atoms with Crippen molar-refractivity contribution in [3.63, 3.8) is 0 Å². The van der Waals surface area contributed by atoms with Crippen molar-refractivity contribution in [3.8, 4) is 11.1 Å². The molecule has 0 saturated heterocycles. The lowest BCUT2D eigenvalue weighted by Crippen LogP contribution is -2.43. The number of hydrogen-bond donors (Lipinski definition) is 1. The van der Waals surface area contributed by atoms with Gasteiger partial charge < -0.3 is 5.32 Å². The second-order valence-electron chi connectivity index (χ2n) is 7.42. The molecule has 1 amide bonds. The van der Waals surface area contributed by atoms with Gasteiger partial charge in [-0.25, -0.2) is 12.9 Å². The number of nitrogens with zero attached hydrogens (tertiary/aromatic N) is 1. The van der Waals surface area contributed by atoms with Gasteiger partial charge >= 0.3 is 6.18 Å². The molecule has 0 bridgehead atoms. The van der Waals surface area contributed by atoms with Crippen LogP contribution in [0.2, 0.25) is 0 Å². The van der Waals surface area contributed by atoms with Gasteiger partial charge in [0.05, 0.1) is 16.5 Å². The van der Waals surface area contributed by atoms with Crippen LogP contribution < -0.4 is 5.32 Å². The number of carbonyl (C=O) groups is 1. The fourth-order valence-electron chi connectivity index (χ4n) is 3.08. The van der Waals surface area contributed by atoms with Gasteiger partial charge in [-0.05, 0) is 66.1 Å². The standard InChI is InChI=1S/C24H22F4N2O2S/c1-16(30(2)33(32)22-12-10-21(25)11-13-22)23(31)29-15-17-4-3-5-19(14-17)18-6-8-20(9-7-18)24(26,27)28/h3-14,16H,15H2,1-2H3,(H,29,31). The summed E-state index contributed by atoms with van der Waals surface area (Å²) in [7, 11) is -0.110. The Kier molecular flexibility index (Phi) is 7.65. The van der Waals surface area contributed by atoms with Gasteiger partial charge in [-0.15, -0.1) is 0 Å². The average molecular weight is 479 g/mol. The first-order valence-corrected chi connectivity index (χ1v) is 11.1. The number of nitrogens with one attached hydrogen (secondary N) is 1. The maximum absolute atomic E-state index is 13.1. The highest BCUT2D eigenvalue weighted by Crippen LogP contribution is 2.31. The number of benzene rings is 3. The van der Waals surface area contributed by atoms with Crippen LogP contribution in [0.25, 0.3) is 11.1 Å². The van der Waals surface area contributed by atoms with E-state index in [0.717, 1.165) is 23.3 Å². The van der Waals surface area contributed by atoms with Gasteiger partial charge in [-0.3, -0.25) is 4.79 Å². The van der Waals surface area contributed by atoms with E-state index in [1.165, 1.54) is 47.8 Å². The highest BCUT2D eigenvalue weighted by Gasteiger charge is 2.30. The fourth-order valence-corrected chi connectivity index (χ4v) is 4.16. The molecular formula is C24H22F4N2O2S. The number of alkyl halides is 3. The SMILES string of the molecule is CC(C(=O)NCc1cccc(-c2ccc(C(F)(F)F)cc2)c1)N(C)S(=O)c1ccc(F)cc1. The summed E-state index contributed by atoms with van der Waals surface area (Å²) in [5, 5.41) is 2.78. The Bertz CT molecular complexity index is 1130. The van der Waals surface area contributed by atoms with Crippen LogP contribution in [0.4, 0.5) is 17.6 Å². The van der Waals surface area contributed by atoms with Crippen molar-refractivity contribution in [2.24, 2.45) is 0 Å². The minimum absolute atomic E-state index is 0.189. The van der Waals surface area contributed by atoms with Crippen LogP contribution in [0, 0.1) is 5.82 Å². The first kappa shape index (κ1) is 24.6. The van der Waals surface area contributed by atoms with Crippen LogP contribution in [0.5, 0.6) is 0 Å².